The number of likely N-dealkylation sites (tertiary alicyclic amines) is 1. The van der Waals surface area contributed by atoms with Crippen molar-refractivity contribution in [2.24, 2.45) is 5.92 Å². The van der Waals surface area contributed by atoms with Crippen LogP contribution < -0.4 is 10.1 Å². The molecule has 2 aliphatic rings. The van der Waals surface area contributed by atoms with E-state index in [1.54, 1.807) is 6.07 Å². The summed E-state index contributed by atoms with van der Waals surface area (Å²) in [6, 6.07) is 5.32. The van der Waals surface area contributed by atoms with Crippen molar-refractivity contribution in [3.8, 4) is 11.5 Å². The van der Waals surface area contributed by atoms with Crippen LogP contribution in [0.25, 0.3) is 0 Å². The molecule has 0 spiro atoms. The average Bonchev–Trinajstić information content (AvgIpc) is 2.69. The number of benzene rings is 1. The number of phenolic OH excluding ortho intramolecular Hbond substituents is 1. The highest BCUT2D eigenvalue weighted by Crippen LogP contribution is 2.49. The van der Waals surface area contributed by atoms with E-state index in [2.05, 4.69) is 17.1 Å². The summed E-state index contributed by atoms with van der Waals surface area (Å²) in [6.45, 7) is 3.81. The second-order valence-corrected chi connectivity index (χ2v) is 8.26. The number of ether oxygens (including phenoxy) is 1. The first-order valence-electron chi connectivity index (χ1n) is 10.6. The van der Waals surface area contributed by atoms with E-state index in [9.17, 15) is 15.0 Å². The van der Waals surface area contributed by atoms with Gasteiger partial charge in [-0.25, -0.2) is 0 Å². The zero-order valence-electron chi connectivity index (χ0n) is 17.1. The van der Waals surface area contributed by atoms with Crippen LogP contribution in [-0.4, -0.2) is 53.4 Å². The van der Waals surface area contributed by atoms with Gasteiger partial charge in [0.05, 0.1) is 19.3 Å². The van der Waals surface area contributed by atoms with E-state index in [-0.39, 0.29) is 23.6 Å². The van der Waals surface area contributed by atoms with Crippen molar-refractivity contribution in [1.29, 1.82) is 0 Å². The van der Waals surface area contributed by atoms with E-state index in [4.69, 9.17) is 4.74 Å². The summed E-state index contributed by atoms with van der Waals surface area (Å²) in [4.78, 5) is 14.7. The average molecular weight is 391 g/mol. The van der Waals surface area contributed by atoms with Crippen molar-refractivity contribution < 1.29 is 19.7 Å². The molecule has 6 nitrogen and oxygen atoms in total. The fourth-order valence-electron chi connectivity index (χ4n) is 4.89. The van der Waals surface area contributed by atoms with Crippen molar-refractivity contribution in [2.45, 2.75) is 63.5 Å². The number of piperidine rings is 1. The molecule has 0 radical (unpaired) electrons. The first-order valence-corrected chi connectivity index (χ1v) is 10.6. The SMILES string of the molecule is CCCCNC(=O)CN1CC[C@@]2(O)CCCC[C@H]2[C@@H]1c1ccc(O)c(OC)c1. The Morgan fingerprint density at radius 2 is 2.18 bits per heavy atom. The summed E-state index contributed by atoms with van der Waals surface area (Å²) < 4.78 is 5.31. The number of methoxy groups -OCH3 is 1. The summed E-state index contributed by atoms with van der Waals surface area (Å²) in [7, 11) is 1.54. The second-order valence-electron chi connectivity index (χ2n) is 8.26. The Kier molecular flexibility index (Phi) is 6.83. The third kappa shape index (κ3) is 4.44. The molecule has 0 aromatic heterocycles. The standard InChI is InChI=1S/C22H34N2O4/c1-3-4-12-23-20(26)15-24-13-11-22(27)10-6-5-7-17(22)21(24)16-8-9-18(25)19(14-16)28-2/h8-9,14,17,21,25,27H,3-7,10-13,15H2,1-2H3,(H,23,26)/t17-,21-,22-/m0/s1. The lowest BCUT2D eigenvalue weighted by Gasteiger charge is -2.52. The van der Waals surface area contributed by atoms with Gasteiger partial charge in [0.1, 0.15) is 0 Å². The van der Waals surface area contributed by atoms with E-state index in [1.807, 2.05) is 12.1 Å². The zero-order chi connectivity index (χ0) is 20.1. The number of rotatable bonds is 7. The topological polar surface area (TPSA) is 82.0 Å². The van der Waals surface area contributed by atoms with Gasteiger partial charge in [-0.3, -0.25) is 9.69 Å². The highest BCUT2D eigenvalue weighted by molar-refractivity contribution is 5.78. The highest BCUT2D eigenvalue weighted by atomic mass is 16.5. The number of unbranched alkanes of at least 4 members (excludes halogenated alkanes) is 1. The molecule has 3 rings (SSSR count). The van der Waals surface area contributed by atoms with Gasteiger partial charge in [0, 0.05) is 25.0 Å². The number of hydrogen-bond donors (Lipinski definition) is 3. The molecule has 6 heteroatoms. The van der Waals surface area contributed by atoms with Crippen LogP contribution in [0.1, 0.15) is 63.5 Å². The van der Waals surface area contributed by atoms with Crippen LogP contribution in [-0.2, 0) is 4.79 Å². The summed E-state index contributed by atoms with van der Waals surface area (Å²) in [5, 5.41) is 24.3. The molecule has 1 amide bonds. The van der Waals surface area contributed by atoms with Crippen molar-refractivity contribution in [3.63, 3.8) is 0 Å². The van der Waals surface area contributed by atoms with Gasteiger partial charge in [0.15, 0.2) is 11.5 Å². The van der Waals surface area contributed by atoms with Gasteiger partial charge in [-0.05, 0) is 43.4 Å². The molecule has 156 valence electrons. The summed E-state index contributed by atoms with van der Waals surface area (Å²) in [5.41, 5.74) is 0.310. The van der Waals surface area contributed by atoms with Crippen molar-refractivity contribution >= 4 is 5.91 Å². The Hall–Kier alpha value is -1.79. The highest BCUT2D eigenvalue weighted by Gasteiger charge is 2.49. The Balaban J connectivity index is 1.86. The Morgan fingerprint density at radius 1 is 1.36 bits per heavy atom. The third-order valence-corrected chi connectivity index (χ3v) is 6.42. The van der Waals surface area contributed by atoms with Gasteiger partial charge >= 0.3 is 0 Å². The number of aliphatic hydroxyl groups is 1. The second kappa shape index (κ2) is 9.14. The number of fused-ring (bicyclic) bond motifs is 1. The summed E-state index contributed by atoms with van der Waals surface area (Å²) >= 11 is 0. The van der Waals surface area contributed by atoms with Gasteiger partial charge in [0.2, 0.25) is 5.91 Å². The maximum absolute atomic E-state index is 12.5. The quantitative estimate of drug-likeness (QED) is 0.624. The molecule has 2 fully saturated rings. The van der Waals surface area contributed by atoms with Gasteiger partial charge < -0.3 is 20.3 Å². The number of nitrogens with zero attached hydrogens (tertiary/aromatic N) is 1. The molecule has 1 heterocycles. The number of aromatic hydroxyl groups is 1. The van der Waals surface area contributed by atoms with Crippen molar-refractivity contribution in [3.05, 3.63) is 23.8 Å². The van der Waals surface area contributed by atoms with Crippen LogP contribution in [0.2, 0.25) is 0 Å². The van der Waals surface area contributed by atoms with Crippen LogP contribution in [0.3, 0.4) is 0 Å². The molecule has 1 aliphatic heterocycles. The molecule has 0 bridgehead atoms. The largest absolute Gasteiger partial charge is 0.504 e. The molecule has 1 saturated carbocycles. The molecule has 1 aromatic carbocycles. The Morgan fingerprint density at radius 3 is 2.93 bits per heavy atom. The van der Waals surface area contributed by atoms with Crippen LogP contribution in [0.4, 0.5) is 0 Å². The van der Waals surface area contributed by atoms with Gasteiger partial charge in [-0.1, -0.05) is 32.3 Å². The minimum Gasteiger partial charge on any atom is -0.504 e. The van der Waals surface area contributed by atoms with Crippen molar-refractivity contribution in [1.82, 2.24) is 10.2 Å². The number of amides is 1. The molecule has 0 unspecified atom stereocenters. The molecular weight excluding hydrogens is 356 g/mol. The van der Waals surface area contributed by atoms with Gasteiger partial charge in [-0.15, -0.1) is 0 Å². The van der Waals surface area contributed by atoms with E-state index >= 15 is 0 Å². The monoisotopic (exact) mass is 390 g/mol. The summed E-state index contributed by atoms with van der Waals surface area (Å²) in [6.07, 6.45) is 6.64. The molecule has 1 saturated heterocycles. The fraction of sp³-hybridized carbons (Fsp3) is 0.682. The van der Waals surface area contributed by atoms with E-state index in [1.165, 1.54) is 7.11 Å². The molecule has 1 aliphatic carbocycles. The van der Waals surface area contributed by atoms with Crippen LogP contribution >= 0.6 is 0 Å². The first-order chi connectivity index (χ1) is 13.5. The Bertz CT molecular complexity index is 681. The minimum atomic E-state index is -0.677. The molecular formula is C22H34N2O4. The van der Waals surface area contributed by atoms with Crippen molar-refractivity contribution in [2.75, 3.05) is 26.7 Å². The molecule has 3 atom stereocenters. The smallest absolute Gasteiger partial charge is 0.234 e. The van der Waals surface area contributed by atoms with E-state index < -0.39 is 5.60 Å². The van der Waals surface area contributed by atoms with Crippen LogP contribution in [0.15, 0.2) is 18.2 Å². The third-order valence-electron chi connectivity index (χ3n) is 6.42. The maximum atomic E-state index is 12.5. The minimum absolute atomic E-state index is 0.0328. The van der Waals surface area contributed by atoms with Crippen LogP contribution in [0, 0.1) is 5.92 Å². The zero-order valence-corrected chi connectivity index (χ0v) is 17.1. The van der Waals surface area contributed by atoms with E-state index in [0.717, 1.165) is 44.1 Å². The van der Waals surface area contributed by atoms with Crippen LogP contribution in [0.5, 0.6) is 11.5 Å². The number of phenols is 1. The molecule has 1 aromatic rings. The summed E-state index contributed by atoms with van der Waals surface area (Å²) in [5.74, 6) is 0.637. The number of carbonyl (C=O) groups is 1. The van der Waals surface area contributed by atoms with E-state index in [0.29, 0.717) is 31.8 Å². The lowest BCUT2D eigenvalue weighted by Crippen LogP contribution is -2.56. The maximum Gasteiger partial charge on any atom is 0.234 e. The lowest BCUT2D eigenvalue weighted by atomic mass is 9.66. The fourth-order valence-corrected chi connectivity index (χ4v) is 4.89. The Labute approximate surface area is 167 Å². The predicted molar refractivity (Wildman–Crippen MR) is 108 cm³/mol. The lowest BCUT2D eigenvalue weighted by molar-refractivity contribution is -0.137. The normalized spacial score (nSPS) is 27.8. The predicted octanol–water partition coefficient (Wildman–Crippen LogP) is 2.99. The first kappa shape index (κ1) is 20.9. The number of carbonyl (C=O) groups excluding carboxylic acids is 1. The number of hydrogen-bond acceptors (Lipinski definition) is 5. The van der Waals surface area contributed by atoms with Gasteiger partial charge in [0.25, 0.3) is 0 Å². The van der Waals surface area contributed by atoms with Gasteiger partial charge in [-0.2, -0.15) is 0 Å². The molecule has 28 heavy (non-hydrogen) atoms. The number of nitrogens with one attached hydrogen (secondary N) is 1. The molecule has 3 N–H and O–H groups in total.